The van der Waals surface area contributed by atoms with E-state index in [4.69, 9.17) is 5.73 Å². The Kier molecular flexibility index (Phi) is 5.29. The number of benzene rings is 1. The van der Waals surface area contributed by atoms with Crippen molar-refractivity contribution >= 4 is 23.7 Å². The number of nitrogens with one attached hydrogen (secondary N) is 1. The first-order valence-corrected chi connectivity index (χ1v) is 9.73. The van der Waals surface area contributed by atoms with Gasteiger partial charge in [-0.15, -0.1) is 0 Å². The lowest BCUT2D eigenvalue weighted by molar-refractivity contribution is -0.116. The lowest BCUT2D eigenvalue weighted by atomic mass is 10.1. The molecule has 1 aliphatic heterocycles. The summed E-state index contributed by atoms with van der Waals surface area (Å²) in [4.78, 5) is 30.2. The number of halogens is 1. The second-order valence-corrected chi connectivity index (χ2v) is 7.64. The van der Waals surface area contributed by atoms with Crippen molar-refractivity contribution < 1.29 is 14.0 Å². The van der Waals surface area contributed by atoms with E-state index >= 15 is 0 Å². The van der Waals surface area contributed by atoms with Gasteiger partial charge in [-0.1, -0.05) is 6.07 Å². The molecule has 4 rings (SSSR count). The van der Waals surface area contributed by atoms with E-state index in [0.717, 1.165) is 12.0 Å². The first kappa shape index (κ1) is 19.1. The highest BCUT2D eigenvalue weighted by Crippen LogP contribution is 2.53. The van der Waals surface area contributed by atoms with Crippen molar-refractivity contribution in [1.29, 1.82) is 0 Å². The number of carbonyl (C=O) groups excluding carboxylic acids is 2. The molecule has 1 aromatic carbocycles. The van der Waals surface area contributed by atoms with Gasteiger partial charge >= 0.3 is 0 Å². The van der Waals surface area contributed by atoms with Crippen LogP contribution in [0.5, 0.6) is 0 Å². The van der Waals surface area contributed by atoms with E-state index < -0.39 is 5.82 Å². The number of pyridine rings is 1. The Morgan fingerprint density at radius 3 is 2.72 bits per heavy atom. The summed E-state index contributed by atoms with van der Waals surface area (Å²) in [7, 11) is 0. The van der Waals surface area contributed by atoms with Crippen LogP contribution in [0.1, 0.15) is 22.3 Å². The highest BCUT2D eigenvalue weighted by molar-refractivity contribution is 5.94. The molecule has 6 nitrogen and oxygen atoms in total. The summed E-state index contributed by atoms with van der Waals surface area (Å²) in [6.45, 7) is 2.03. The Balaban J connectivity index is 1.18. The predicted molar refractivity (Wildman–Crippen MR) is 108 cm³/mol. The number of nitrogens with two attached hydrogens (primary N) is 1. The molecule has 2 unspecified atom stereocenters. The minimum absolute atomic E-state index is 0.106. The fraction of sp³-hybridized carbons (Fsp3) is 0.318. The van der Waals surface area contributed by atoms with Crippen LogP contribution in [-0.2, 0) is 4.79 Å². The maximum atomic E-state index is 13.3. The number of hydrogen-bond donors (Lipinski definition) is 2. The molecule has 2 amide bonds. The van der Waals surface area contributed by atoms with E-state index in [9.17, 15) is 14.0 Å². The standard InChI is InChI=1S/C22H23FN4O2/c23-16-3-1-2-15(10-16)22(29)27-12-18-17(19(18)13-27)8-9-25-21(28)7-5-14-4-6-20(24)26-11-14/h1-7,10-11,17-19H,8-9,12-13H2,(H2,24,26)(H,25,28)/b7-5+. The van der Waals surface area contributed by atoms with E-state index in [-0.39, 0.29) is 11.8 Å². The molecule has 0 radical (unpaired) electrons. The molecule has 0 spiro atoms. The summed E-state index contributed by atoms with van der Waals surface area (Å²) < 4.78 is 13.3. The third-order valence-corrected chi connectivity index (χ3v) is 5.74. The Bertz CT molecular complexity index is 932. The number of aromatic nitrogens is 1. The molecule has 0 bridgehead atoms. The van der Waals surface area contributed by atoms with E-state index in [1.165, 1.54) is 18.2 Å². The highest BCUT2D eigenvalue weighted by atomic mass is 19.1. The number of hydrogen-bond acceptors (Lipinski definition) is 4. The number of anilines is 1. The quantitative estimate of drug-likeness (QED) is 0.736. The lowest BCUT2D eigenvalue weighted by Crippen LogP contribution is -2.32. The maximum absolute atomic E-state index is 13.3. The molecule has 2 aliphatic rings. The van der Waals surface area contributed by atoms with Crippen molar-refractivity contribution in [3.8, 4) is 0 Å². The van der Waals surface area contributed by atoms with Crippen molar-refractivity contribution in [2.45, 2.75) is 6.42 Å². The fourth-order valence-electron chi connectivity index (χ4n) is 4.16. The van der Waals surface area contributed by atoms with Crippen LogP contribution in [0.3, 0.4) is 0 Å². The Morgan fingerprint density at radius 2 is 2.03 bits per heavy atom. The van der Waals surface area contributed by atoms with Crippen LogP contribution >= 0.6 is 0 Å². The smallest absolute Gasteiger partial charge is 0.253 e. The minimum Gasteiger partial charge on any atom is -0.384 e. The molecule has 2 heterocycles. The highest BCUT2D eigenvalue weighted by Gasteiger charge is 2.55. The second kappa shape index (κ2) is 8.03. The SMILES string of the molecule is Nc1ccc(/C=C/C(=O)NCCC2C3CN(C(=O)c4cccc(F)c4)CC23)cn1. The summed E-state index contributed by atoms with van der Waals surface area (Å²) in [5, 5.41) is 2.90. The zero-order chi connectivity index (χ0) is 20.4. The van der Waals surface area contributed by atoms with Crippen LogP contribution in [0, 0.1) is 23.6 Å². The lowest BCUT2D eigenvalue weighted by Gasteiger charge is -2.20. The monoisotopic (exact) mass is 394 g/mol. The molecule has 1 aliphatic carbocycles. The van der Waals surface area contributed by atoms with Crippen molar-refractivity contribution in [3.63, 3.8) is 0 Å². The van der Waals surface area contributed by atoms with Crippen LogP contribution in [-0.4, -0.2) is 41.3 Å². The Morgan fingerprint density at radius 1 is 1.24 bits per heavy atom. The molecule has 1 saturated carbocycles. The average molecular weight is 394 g/mol. The summed E-state index contributed by atoms with van der Waals surface area (Å²) in [5.41, 5.74) is 6.75. The molecule has 7 heteroatoms. The number of nitrogen functional groups attached to an aromatic ring is 1. The summed E-state index contributed by atoms with van der Waals surface area (Å²) in [6, 6.07) is 9.32. The molecule has 1 aromatic heterocycles. The van der Waals surface area contributed by atoms with Crippen LogP contribution in [0.15, 0.2) is 48.7 Å². The van der Waals surface area contributed by atoms with Crippen LogP contribution in [0.4, 0.5) is 10.2 Å². The van der Waals surface area contributed by atoms with Crippen LogP contribution in [0.25, 0.3) is 6.08 Å². The zero-order valence-corrected chi connectivity index (χ0v) is 15.9. The number of carbonyl (C=O) groups is 2. The number of piperidine rings is 1. The van der Waals surface area contributed by atoms with Crippen LogP contribution in [0.2, 0.25) is 0 Å². The Hall–Kier alpha value is -3.22. The largest absolute Gasteiger partial charge is 0.384 e. The molecule has 3 N–H and O–H groups in total. The number of likely N-dealkylation sites (tertiary alicyclic amines) is 1. The normalized spacial score (nSPS) is 22.5. The van der Waals surface area contributed by atoms with Gasteiger partial charge in [-0.25, -0.2) is 9.37 Å². The second-order valence-electron chi connectivity index (χ2n) is 7.64. The topological polar surface area (TPSA) is 88.3 Å². The summed E-state index contributed by atoms with van der Waals surface area (Å²) in [5.74, 6) is 1.31. The Labute approximate surface area is 168 Å². The first-order chi connectivity index (χ1) is 14.0. The zero-order valence-electron chi connectivity index (χ0n) is 15.9. The number of rotatable bonds is 6. The van der Waals surface area contributed by atoms with Gasteiger partial charge in [-0.05, 0) is 66.1 Å². The summed E-state index contributed by atoms with van der Waals surface area (Å²) >= 11 is 0. The van der Waals surface area contributed by atoms with Crippen molar-refractivity contribution in [2.75, 3.05) is 25.4 Å². The van der Waals surface area contributed by atoms with Crippen molar-refractivity contribution in [2.24, 2.45) is 17.8 Å². The molecule has 1 saturated heterocycles. The van der Waals surface area contributed by atoms with Gasteiger partial charge in [-0.3, -0.25) is 9.59 Å². The molecule has 29 heavy (non-hydrogen) atoms. The third kappa shape index (κ3) is 4.45. The predicted octanol–water partition coefficient (Wildman–Crippen LogP) is 2.34. The van der Waals surface area contributed by atoms with Gasteiger partial charge in [-0.2, -0.15) is 0 Å². The van der Waals surface area contributed by atoms with Gasteiger partial charge in [0.05, 0.1) is 0 Å². The fourth-order valence-corrected chi connectivity index (χ4v) is 4.16. The van der Waals surface area contributed by atoms with Gasteiger partial charge in [0.1, 0.15) is 11.6 Å². The molecule has 2 aromatic rings. The first-order valence-electron chi connectivity index (χ1n) is 9.73. The molecule has 2 atom stereocenters. The number of fused-ring (bicyclic) bond motifs is 1. The molecule has 2 fully saturated rings. The summed E-state index contributed by atoms with van der Waals surface area (Å²) in [6.07, 6.45) is 5.70. The average Bonchev–Trinajstić information content (AvgIpc) is 3.16. The molecular formula is C22H23FN4O2. The molecular weight excluding hydrogens is 371 g/mol. The van der Waals surface area contributed by atoms with Gasteiger partial charge < -0.3 is 16.0 Å². The maximum Gasteiger partial charge on any atom is 0.253 e. The van der Waals surface area contributed by atoms with Crippen molar-refractivity contribution in [1.82, 2.24) is 15.2 Å². The van der Waals surface area contributed by atoms with E-state index in [1.54, 1.807) is 36.5 Å². The van der Waals surface area contributed by atoms with Crippen LogP contribution < -0.4 is 11.1 Å². The van der Waals surface area contributed by atoms with Gasteiger partial charge in [0, 0.05) is 37.5 Å². The van der Waals surface area contributed by atoms with E-state index in [1.807, 2.05) is 4.90 Å². The van der Waals surface area contributed by atoms with Gasteiger partial charge in [0.2, 0.25) is 5.91 Å². The van der Waals surface area contributed by atoms with Crippen molar-refractivity contribution in [3.05, 3.63) is 65.6 Å². The number of nitrogens with zero attached hydrogens (tertiary/aromatic N) is 2. The van der Waals surface area contributed by atoms with E-state index in [0.29, 0.717) is 48.8 Å². The van der Waals surface area contributed by atoms with Gasteiger partial charge in [0.25, 0.3) is 5.91 Å². The third-order valence-electron chi connectivity index (χ3n) is 5.74. The number of amides is 2. The van der Waals surface area contributed by atoms with Gasteiger partial charge in [0.15, 0.2) is 0 Å². The minimum atomic E-state index is -0.393. The molecule has 150 valence electrons. The van der Waals surface area contributed by atoms with E-state index in [2.05, 4.69) is 10.3 Å².